The van der Waals surface area contributed by atoms with Gasteiger partial charge in [-0.25, -0.2) is 0 Å². The molecule has 186 valence electrons. The smallest absolute Gasteiger partial charge is 0.290 e. The number of nitrogens with one attached hydrogen (secondary N) is 1. The van der Waals surface area contributed by atoms with Gasteiger partial charge in [0.2, 0.25) is 0 Å². The Kier molecular flexibility index (Phi) is 11.4. The molecule has 0 aliphatic carbocycles. The van der Waals surface area contributed by atoms with Crippen LogP contribution < -0.4 is 4.74 Å². The van der Waals surface area contributed by atoms with Crippen LogP contribution in [0, 0.1) is 0 Å². The van der Waals surface area contributed by atoms with Crippen LogP contribution in [0.1, 0.15) is 22.5 Å². The van der Waals surface area contributed by atoms with Crippen molar-refractivity contribution in [2.45, 2.75) is 13.0 Å². The molecule has 35 heavy (non-hydrogen) atoms. The highest BCUT2D eigenvalue weighted by Crippen LogP contribution is 2.18. The molecule has 3 N–H and O–H groups in total. The lowest BCUT2D eigenvalue weighted by molar-refractivity contribution is -0.123. The van der Waals surface area contributed by atoms with E-state index in [-0.39, 0.29) is 18.9 Å². The first-order chi connectivity index (χ1) is 17.1. The van der Waals surface area contributed by atoms with Crippen molar-refractivity contribution in [1.29, 1.82) is 0 Å². The molecule has 0 atom stereocenters. The molecule has 0 unspecified atom stereocenters. The topological polar surface area (TPSA) is 149 Å². The third-order valence-electron chi connectivity index (χ3n) is 5.15. The number of nitrogens with zero attached hydrogens (tertiary/aromatic N) is 4. The van der Waals surface area contributed by atoms with E-state index in [1.165, 1.54) is 5.56 Å². The summed E-state index contributed by atoms with van der Waals surface area (Å²) < 4.78 is 5.31. The Morgan fingerprint density at radius 1 is 1.03 bits per heavy atom. The maximum absolute atomic E-state index is 12.9. The van der Waals surface area contributed by atoms with E-state index in [0.29, 0.717) is 17.9 Å². The minimum Gasteiger partial charge on any atom is -0.497 e. The maximum Gasteiger partial charge on any atom is 0.290 e. The summed E-state index contributed by atoms with van der Waals surface area (Å²) in [7, 11) is 1.68. The molecule has 11 nitrogen and oxygen atoms in total. The number of amides is 1. The molecule has 1 aliphatic heterocycles. The van der Waals surface area contributed by atoms with Gasteiger partial charge in [0.15, 0.2) is 0 Å². The van der Waals surface area contributed by atoms with E-state index >= 15 is 0 Å². The minimum atomic E-state index is -0.250. The largest absolute Gasteiger partial charge is 0.497 e. The van der Waals surface area contributed by atoms with Crippen molar-refractivity contribution < 1.29 is 29.3 Å². The van der Waals surface area contributed by atoms with Gasteiger partial charge >= 0.3 is 0 Å². The fourth-order valence-electron chi connectivity index (χ4n) is 3.61. The van der Waals surface area contributed by atoms with Gasteiger partial charge in [-0.2, -0.15) is 5.10 Å². The first-order valence-electron chi connectivity index (χ1n) is 10.8. The lowest BCUT2D eigenvalue weighted by atomic mass is 10.2. The number of rotatable bonds is 5. The van der Waals surface area contributed by atoms with E-state index in [9.17, 15) is 4.79 Å². The number of methoxy groups -OCH3 is 1. The Morgan fingerprint density at radius 3 is 2.49 bits per heavy atom. The van der Waals surface area contributed by atoms with E-state index < -0.39 is 0 Å². The van der Waals surface area contributed by atoms with Crippen LogP contribution in [0.25, 0.3) is 11.4 Å². The van der Waals surface area contributed by atoms with Crippen molar-refractivity contribution in [3.63, 3.8) is 0 Å². The molecule has 1 amide bonds. The molecular formula is C24H29N5O6. The molecule has 4 rings (SSSR count). The van der Waals surface area contributed by atoms with E-state index in [2.05, 4.69) is 32.2 Å². The van der Waals surface area contributed by atoms with Crippen molar-refractivity contribution in [1.82, 2.24) is 25.0 Å². The Bertz CT molecular complexity index is 1050. The molecule has 0 saturated carbocycles. The van der Waals surface area contributed by atoms with Crippen LogP contribution in [0.3, 0.4) is 0 Å². The molecule has 3 aromatic rings. The molecule has 3 heterocycles. The predicted octanol–water partition coefficient (Wildman–Crippen LogP) is 2.23. The summed E-state index contributed by atoms with van der Waals surface area (Å²) in [4.78, 5) is 38.2. The second kappa shape index (κ2) is 14.8. The Hall–Kier alpha value is -4.25. The van der Waals surface area contributed by atoms with Crippen LogP contribution in [-0.2, 0) is 16.1 Å². The van der Waals surface area contributed by atoms with Gasteiger partial charge in [-0.15, -0.1) is 0 Å². The minimum absolute atomic E-state index is 0.0112. The first kappa shape index (κ1) is 27.0. The average molecular weight is 484 g/mol. The standard InChI is InChI=1S/C22H25N5O2.2CH2O2/c1-29-18-7-4-6-17(14-18)16-26-10-5-11-27(13-12-26)22(28)21-15-20(24-25-21)19-8-2-3-9-23-19;2*2-1-3/h2-4,6-9,14-15H,5,10-13,16H2,1H3,(H,24,25);2*1H,(H,2,3). The number of aromatic amines is 1. The third kappa shape index (κ3) is 8.55. The summed E-state index contributed by atoms with van der Waals surface area (Å²) in [5, 5.41) is 20.9. The Morgan fingerprint density at radius 2 is 1.80 bits per heavy atom. The van der Waals surface area contributed by atoms with Crippen molar-refractivity contribution in [2.75, 3.05) is 33.3 Å². The zero-order chi connectivity index (χ0) is 25.5. The van der Waals surface area contributed by atoms with Crippen molar-refractivity contribution >= 4 is 18.9 Å². The molecule has 0 spiro atoms. The number of benzene rings is 1. The summed E-state index contributed by atoms with van der Waals surface area (Å²) in [6.45, 7) is 3.59. The van der Waals surface area contributed by atoms with Gasteiger partial charge in [-0.1, -0.05) is 18.2 Å². The van der Waals surface area contributed by atoms with Gasteiger partial charge in [0.25, 0.3) is 18.9 Å². The highest BCUT2D eigenvalue weighted by Gasteiger charge is 2.22. The van der Waals surface area contributed by atoms with E-state index in [4.69, 9.17) is 24.5 Å². The van der Waals surface area contributed by atoms with Gasteiger partial charge in [0.1, 0.15) is 17.1 Å². The number of carboxylic acid groups (broad SMARTS) is 2. The van der Waals surface area contributed by atoms with E-state index in [1.54, 1.807) is 19.4 Å². The summed E-state index contributed by atoms with van der Waals surface area (Å²) in [5.41, 5.74) is 3.16. The Balaban J connectivity index is 0.000000655. The highest BCUT2D eigenvalue weighted by molar-refractivity contribution is 5.93. The van der Waals surface area contributed by atoms with Crippen LogP contribution >= 0.6 is 0 Å². The van der Waals surface area contributed by atoms with Gasteiger partial charge in [0.05, 0.1) is 12.8 Å². The van der Waals surface area contributed by atoms with Crippen LogP contribution in [0.4, 0.5) is 0 Å². The second-order valence-electron chi connectivity index (χ2n) is 7.37. The number of aromatic nitrogens is 3. The molecular weight excluding hydrogens is 454 g/mol. The molecule has 1 aliphatic rings. The van der Waals surface area contributed by atoms with E-state index in [1.807, 2.05) is 35.2 Å². The summed E-state index contributed by atoms with van der Waals surface area (Å²) in [5.74, 6) is 0.861. The first-order valence-corrected chi connectivity index (χ1v) is 10.8. The number of hydrogen-bond acceptors (Lipinski definition) is 7. The zero-order valence-electron chi connectivity index (χ0n) is 19.4. The van der Waals surface area contributed by atoms with E-state index in [0.717, 1.165) is 44.0 Å². The molecule has 0 radical (unpaired) electrons. The predicted molar refractivity (Wildman–Crippen MR) is 128 cm³/mol. The normalized spacial score (nSPS) is 13.2. The number of carbonyl (C=O) groups is 3. The molecule has 1 saturated heterocycles. The number of H-pyrrole nitrogens is 1. The van der Waals surface area contributed by atoms with Crippen LogP contribution in [0.5, 0.6) is 5.75 Å². The molecule has 1 aromatic carbocycles. The van der Waals surface area contributed by atoms with Crippen LogP contribution in [0.2, 0.25) is 0 Å². The third-order valence-corrected chi connectivity index (χ3v) is 5.15. The van der Waals surface area contributed by atoms with Crippen LogP contribution in [-0.4, -0.2) is 87.3 Å². The maximum atomic E-state index is 12.9. The van der Waals surface area contributed by atoms with Crippen LogP contribution in [0.15, 0.2) is 54.7 Å². The summed E-state index contributed by atoms with van der Waals surface area (Å²) in [6.07, 6.45) is 2.66. The monoisotopic (exact) mass is 483 g/mol. The summed E-state index contributed by atoms with van der Waals surface area (Å²) >= 11 is 0. The number of carbonyl (C=O) groups excluding carboxylic acids is 1. The molecule has 1 fully saturated rings. The molecule has 0 bridgehead atoms. The quantitative estimate of drug-likeness (QED) is 0.464. The molecule has 11 heteroatoms. The zero-order valence-corrected chi connectivity index (χ0v) is 19.4. The van der Waals surface area contributed by atoms with Gasteiger partial charge in [0, 0.05) is 38.9 Å². The highest BCUT2D eigenvalue weighted by atomic mass is 16.5. The summed E-state index contributed by atoms with van der Waals surface area (Å²) in [6, 6.07) is 15.6. The number of pyridine rings is 1. The number of ether oxygens (including phenoxy) is 1. The Labute approximate surface area is 203 Å². The average Bonchev–Trinajstić information content (AvgIpc) is 3.26. The van der Waals surface area contributed by atoms with Gasteiger partial charge in [-0.3, -0.25) is 29.4 Å². The number of hydrogen-bond donors (Lipinski definition) is 3. The second-order valence-corrected chi connectivity index (χ2v) is 7.37. The van der Waals surface area contributed by atoms with Crippen molar-refractivity contribution in [3.8, 4) is 17.1 Å². The van der Waals surface area contributed by atoms with Crippen molar-refractivity contribution in [3.05, 3.63) is 66.0 Å². The lowest BCUT2D eigenvalue weighted by Crippen LogP contribution is -2.35. The fourth-order valence-corrected chi connectivity index (χ4v) is 3.61. The van der Waals surface area contributed by atoms with Crippen molar-refractivity contribution in [2.24, 2.45) is 0 Å². The lowest BCUT2D eigenvalue weighted by Gasteiger charge is -2.21. The van der Waals surface area contributed by atoms with Gasteiger partial charge < -0.3 is 19.8 Å². The van der Waals surface area contributed by atoms with Gasteiger partial charge in [-0.05, 0) is 42.3 Å². The fraction of sp³-hybridized carbons (Fsp3) is 0.292. The molecule has 2 aromatic heterocycles. The SMILES string of the molecule is COc1cccc(CN2CCCN(C(=O)c3cc(-c4ccccn4)n[nH]3)CC2)c1.O=CO.O=CO.